The molecular formula is C17H13ClFNO5. The molecule has 2 rings (SSSR count). The fourth-order valence-corrected chi connectivity index (χ4v) is 2.40. The summed E-state index contributed by atoms with van der Waals surface area (Å²) in [6, 6.07) is 7.90. The lowest BCUT2D eigenvalue weighted by Crippen LogP contribution is -2.32. The first kappa shape index (κ1) is 18.4. The molecule has 2 amide bonds. The number of hydrogen-bond donors (Lipinski definition) is 1. The minimum Gasteiger partial charge on any atom is -0.496 e. The van der Waals surface area contributed by atoms with Crippen molar-refractivity contribution >= 4 is 29.4 Å². The molecule has 0 aliphatic heterocycles. The molecule has 2 aromatic carbocycles. The Hall–Kier alpha value is -2.93. The van der Waals surface area contributed by atoms with Crippen molar-refractivity contribution in [1.29, 1.82) is 0 Å². The number of carbonyl (C=O) groups is 3. The maximum atomic E-state index is 13.8. The number of carbonyl (C=O) groups excluding carboxylic acids is 3. The van der Waals surface area contributed by atoms with Crippen LogP contribution in [0, 0.1) is 5.82 Å². The molecule has 6 nitrogen and oxygen atoms in total. The van der Waals surface area contributed by atoms with Crippen LogP contribution in [0.25, 0.3) is 0 Å². The van der Waals surface area contributed by atoms with Gasteiger partial charge in [0.2, 0.25) is 0 Å². The average Bonchev–Trinajstić information content (AvgIpc) is 2.60. The Bertz CT molecular complexity index is 833. The minimum absolute atomic E-state index is 0.0934. The molecule has 0 unspecified atom stereocenters. The first-order valence-corrected chi connectivity index (χ1v) is 7.33. The summed E-state index contributed by atoms with van der Waals surface area (Å²) in [4.78, 5) is 36.5. The number of esters is 1. The van der Waals surface area contributed by atoms with Gasteiger partial charge in [-0.05, 0) is 24.3 Å². The topological polar surface area (TPSA) is 81.7 Å². The van der Waals surface area contributed by atoms with Gasteiger partial charge in [0, 0.05) is 0 Å². The van der Waals surface area contributed by atoms with Crippen molar-refractivity contribution in [3.05, 3.63) is 63.9 Å². The molecule has 0 radical (unpaired) electrons. The van der Waals surface area contributed by atoms with Gasteiger partial charge in [0.25, 0.3) is 11.8 Å². The number of imide groups is 1. The zero-order chi connectivity index (χ0) is 18.6. The predicted octanol–water partition coefficient (Wildman–Crippen LogP) is 2.84. The molecule has 25 heavy (non-hydrogen) atoms. The Morgan fingerprint density at radius 1 is 1.00 bits per heavy atom. The molecule has 130 valence electrons. The van der Waals surface area contributed by atoms with Crippen LogP contribution in [0.5, 0.6) is 5.75 Å². The van der Waals surface area contributed by atoms with Crippen LogP contribution < -0.4 is 10.1 Å². The van der Waals surface area contributed by atoms with Crippen LogP contribution in [0.1, 0.15) is 31.1 Å². The van der Waals surface area contributed by atoms with Gasteiger partial charge in [-0.15, -0.1) is 0 Å². The summed E-state index contributed by atoms with van der Waals surface area (Å²) in [5.41, 5.74) is -0.788. The van der Waals surface area contributed by atoms with Crippen LogP contribution in [-0.4, -0.2) is 32.0 Å². The molecule has 0 aliphatic carbocycles. The molecule has 1 N–H and O–H groups in total. The molecule has 0 aromatic heterocycles. The zero-order valence-electron chi connectivity index (χ0n) is 13.3. The second-order valence-corrected chi connectivity index (χ2v) is 5.16. The normalized spacial score (nSPS) is 10.1. The SMILES string of the molecule is COC(=O)c1c(OC)cccc1C(=O)NC(=O)c1c(F)cccc1Cl. The highest BCUT2D eigenvalue weighted by atomic mass is 35.5. The largest absolute Gasteiger partial charge is 0.496 e. The van der Waals surface area contributed by atoms with Gasteiger partial charge in [0.05, 0.1) is 30.4 Å². The fourth-order valence-electron chi connectivity index (χ4n) is 2.15. The van der Waals surface area contributed by atoms with Gasteiger partial charge in [-0.2, -0.15) is 0 Å². The van der Waals surface area contributed by atoms with E-state index in [1.54, 1.807) is 0 Å². The summed E-state index contributed by atoms with van der Waals surface area (Å²) in [7, 11) is 2.45. The van der Waals surface area contributed by atoms with Crippen LogP contribution in [0.3, 0.4) is 0 Å². The van der Waals surface area contributed by atoms with Crippen molar-refractivity contribution < 1.29 is 28.2 Å². The number of halogens is 2. The van der Waals surface area contributed by atoms with Crippen LogP contribution in [0.2, 0.25) is 5.02 Å². The van der Waals surface area contributed by atoms with Crippen molar-refractivity contribution in [3.63, 3.8) is 0 Å². The van der Waals surface area contributed by atoms with Crippen LogP contribution >= 0.6 is 11.6 Å². The van der Waals surface area contributed by atoms with Gasteiger partial charge in [0.15, 0.2) is 0 Å². The molecular weight excluding hydrogens is 353 g/mol. The van der Waals surface area contributed by atoms with Crippen LogP contribution in [-0.2, 0) is 4.74 Å². The lowest BCUT2D eigenvalue weighted by atomic mass is 10.1. The van der Waals surface area contributed by atoms with Gasteiger partial charge >= 0.3 is 5.97 Å². The van der Waals surface area contributed by atoms with Crippen molar-refractivity contribution in [2.75, 3.05) is 14.2 Å². The van der Waals surface area contributed by atoms with Crippen molar-refractivity contribution in [2.45, 2.75) is 0 Å². The van der Waals surface area contributed by atoms with E-state index in [0.717, 1.165) is 13.2 Å². The van der Waals surface area contributed by atoms with E-state index in [1.165, 1.54) is 37.4 Å². The molecule has 0 spiro atoms. The average molecular weight is 366 g/mol. The van der Waals surface area contributed by atoms with E-state index >= 15 is 0 Å². The zero-order valence-corrected chi connectivity index (χ0v) is 14.0. The summed E-state index contributed by atoms with van der Waals surface area (Å²) >= 11 is 5.80. The molecule has 0 atom stereocenters. The van der Waals surface area contributed by atoms with Gasteiger partial charge < -0.3 is 9.47 Å². The summed E-state index contributed by atoms with van der Waals surface area (Å²) in [6.45, 7) is 0. The van der Waals surface area contributed by atoms with Gasteiger partial charge in [-0.3, -0.25) is 14.9 Å². The molecule has 0 heterocycles. The van der Waals surface area contributed by atoms with E-state index in [4.69, 9.17) is 16.3 Å². The van der Waals surface area contributed by atoms with Crippen molar-refractivity contribution in [1.82, 2.24) is 5.32 Å². The van der Waals surface area contributed by atoms with E-state index < -0.39 is 29.2 Å². The summed E-state index contributed by atoms with van der Waals surface area (Å²) in [5, 5.41) is 1.85. The lowest BCUT2D eigenvalue weighted by molar-refractivity contribution is 0.0591. The maximum Gasteiger partial charge on any atom is 0.342 e. The monoisotopic (exact) mass is 365 g/mol. The highest BCUT2D eigenvalue weighted by molar-refractivity contribution is 6.34. The molecule has 0 aliphatic rings. The number of rotatable bonds is 4. The Morgan fingerprint density at radius 2 is 1.68 bits per heavy atom. The number of ether oxygens (including phenoxy) is 2. The first-order valence-electron chi connectivity index (χ1n) is 6.95. The molecule has 0 saturated heterocycles. The Labute approximate surface area is 147 Å². The van der Waals surface area contributed by atoms with Crippen molar-refractivity contribution in [3.8, 4) is 5.75 Å². The number of nitrogens with one attached hydrogen (secondary N) is 1. The Kier molecular flexibility index (Phi) is 5.71. The third kappa shape index (κ3) is 3.77. The van der Waals surface area contributed by atoms with Gasteiger partial charge in [-0.1, -0.05) is 23.7 Å². The van der Waals surface area contributed by atoms with Crippen molar-refractivity contribution in [2.24, 2.45) is 0 Å². The summed E-state index contributed by atoms with van der Waals surface area (Å²) < 4.78 is 23.5. The van der Waals surface area contributed by atoms with Crippen LogP contribution in [0.4, 0.5) is 4.39 Å². The fraction of sp³-hybridized carbons (Fsp3) is 0.118. The highest BCUT2D eigenvalue weighted by Gasteiger charge is 2.25. The van der Waals surface area contributed by atoms with Gasteiger partial charge in [0.1, 0.15) is 17.1 Å². The summed E-state index contributed by atoms with van der Waals surface area (Å²) in [5.74, 6) is -3.57. The molecule has 0 bridgehead atoms. The van der Waals surface area contributed by atoms with E-state index in [0.29, 0.717) is 0 Å². The Morgan fingerprint density at radius 3 is 2.28 bits per heavy atom. The van der Waals surface area contributed by atoms with E-state index in [1.807, 2.05) is 5.32 Å². The lowest BCUT2D eigenvalue weighted by Gasteiger charge is -2.12. The molecule has 2 aromatic rings. The number of hydrogen-bond acceptors (Lipinski definition) is 5. The second kappa shape index (κ2) is 7.76. The molecule has 0 fully saturated rings. The standard InChI is InChI=1S/C17H13ClFNO5/c1-24-12-8-3-5-9(13(12)17(23)25-2)15(21)20-16(22)14-10(18)6-4-7-11(14)19/h3-8H,1-2H3,(H,20,21,22). The van der Waals surface area contributed by atoms with E-state index in [-0.39, 0.29) is 21.9 Å². The number of amides is 2. The van der Waals surface area contributed by atoms with Crippen LogP contribution in [0.15, 0.2) is 36.4 Å². The smallest absolute Gasteiger partial charge is 0.342 e. The minimum atomic E-state index is -1.04. The third-order valence-corrected chi connectivity index (χ3v) is 3.61. The maximum absolute atomic E-state index is 13.8. The first-order chi connectivity index (χ1) is 11.9. The quantitative estimate of drug-likeness (QED) is 0.665. The third-order valence-electron chi connectivity index (χ3n) is 3.30. The summed E-state index contributed by atoms with van der Waals surface area (Å²) in [6.07, 6.45) is 0. The Balaban J connectivity index is 2.39. The molecule has 0 saturated carbocycles. The predicted molar refractivity (Wildman–Crippen MR) is 87.5 cm³/mol. The van der Waals surface area contributed by atoms with E-state index in [2.05, 4.69) is 4.74 Å². The van der Waals surface area contributed by atoms with Gasteiger partial charge in [-0.25, -0.2) is 9.18 Å². The van der Waals surface area contributed by atoms with E-state index in [9.17, 15) is 18.8 Å². The number of benzene rings is 2. The second-order valence-electron chi connectivity index (χ2n) is 4.75. The molecule has 8 heteroatoms. The number of methoxy groups -OCH3 is 2. The highest BCUT2D eigenvalue weighted by Crippen LogP contribution is 2.24.